The highest BCUT2D eigenvalue weighted by molar-refractivity contribution is 5.93. The molecule has 0 radical (unpaired) electrons. The Morgan fingerprint density at radius 2 is 1.60 bits per heavy atom. The van der Waals surface area contributed by atoms with Crippen LogP contribution >= 0.6 is 0 Å². The Morgan fingerprint density at radius 1 is 1.20 bits per heavy atom. The van der Waals surface area contributed by atoms with Gasteiger partial charge in [0.2, 0.25) is 0 Å². The summed E-state index contributed by atoms with van der Waals surface area (Å²) < 4.78 is 0. The summed E-state index contributed by atoms with van der Waals surface area (Å²) >= 11 is 0. The first-order valence-electron chi connectivity index (χ1n) is 4.75. The zero-order valence-corrected chi connectivity index (χ0v) is 9.65. The monoisotopic (exact) mass is 210 g/mol. The molecule has 0 saturated carbocycles. The standard InChI is InChI=1S/C8H8O.C4H10O2/c1-7(9)8-5-3-2-4-6-8;1-4(2,3)6-5/h2-6H,1H3;5H,1-3H3. The molecule has 1 N–H and O–H groups in total. The van der Waals surface area contributed by atoms with E-state index in [2.05, 4.69) is 4.89 Å². The summed E-state index contributed by atoms with van der Waals surface area (Å²) in [5.74, 6) is 0.121. The van der Waals surface area contributed by atoms with Gasteiger partial charge in [-0.25, -0.2) is 4.89 Å². The molecule has 0 heterocycles. The molecular weight excluding hydrogens is 192 g/mol. The summed E-state index contributed by atoms with van der Waals surface area (Å²) in [4.78, 5) is 14.6. The SMILES string of the molecule is CC(=O)c1ccccc1.CC(C)(C)OO. The van der Waals surface area contributed by atoms with Gasteiger partial charge in [0.15, 0.2) is 5.78 Å². The Bertz CT molecular complexity index is 285. The van der Waals surface area contributed by atoms with E-state index >= 15 is 0 Å². The molecule has 1 rings (SSSR count). The lowest BCUT2D eigenvalue weighted by Gasteiger charge is -2.10. The normalized spacial score (nSPS) is 10.2. The fourth-order valence-corrected chi connectivity index (χ4v) is 0.673. The van der Waals surface area contributed by atoms with Crippen molar-refractivity contribution in [3.8, 4) is 0 Å². The number of rotatable bonds is 1. The van der Waals surface area contributed by atoms with Crippen molar-refractivity contribution in [3.05, 3.63) is 35.9 Å². The van der Waals surface area contributed by atoms with Gasteiger partial charge >= 0.3 is 0 Å². The second-order valence-electron chi connectivity index (χ2n) is 4.13. The van der Waals surface area contributed by atoms with Gasteiger partial charge in [-0.2, -0.15) is 0 Å². The van der Waals surface area contributed by atoms with E-state index in [0.717, 1.165) is 5.56 Å². The maximum absolute atomic E-state index is 10.6. The van der Waals surface area contributed by atoms with Crippen molar-refractivity contribution in [2.45, 2.75) is 33.3 Å². The van der Waals surface area contributed by atoms with Crippen LogP contribution in [-0.2, 0) is 4.89 Å². The van der Waals surface area contributed by atoms with Crippen LogP contribution in [0.2, 0.25) is 0 Å². The first-order chi connectivity index (χ1) is 6.87. The van der Waals surface area contributed by atoms with Crippen LogP contribution in [0.5, 0.6) is 0 Å². The Balaban J connectivity index is 0.000000288. The summed E-state index contributed by atoms with van der Waals surface area (Å²) in [6, 6.07) is 9.23. The van der Waals surface area contributed by atoms with Crippen LogP contribution in [0.15, 0.2) is 30.3 Å². The van der Waals surface area contributed by atoms with Crippen LogP contribution in [0.3, 0.4) is 0 Å². The summed E-state index contributed by atoms with van der Waals surface area (Å²) in [5, 5.41) is 7.90. The third-order valence-electron chi connectivity index (χ3n) is 1.45. The predicted molar refractivity (Wildman–Crippen MR) is 59.9 cm³/mol. The van der Waals surface area contributed by atoms with Gasteiger partial charge in [-0.15, -0.1) is 0 Å². The second kappa shape index (κ2) is 6.32. The molecule has 0 aromatic heterocycles. The van der Waals surface area contributed by atoms with Crippen molar-refractivity contribution < 1.29 is 14.9 Å². The Hall–Kier alpha value is -1.19. The van der Waals surface area contributed by atoms with Gasteiger partial charge in [-0.05, 0) is 27.7 Å². The van der Waals surface area contributed by atoms with Crippen molar-refractivity contribution in [1.82, 2.24) is 0 Å². The minimum absolute atomic E-state index is 0.121. The highest BCUT2D eigenvalue weighted by Crippen LogP contribution is 2.01. The summed E-state index contributed by atoms with van der Waals surface area (Å²) in [6.45, 7) is 6.88. The highest BCUT2D eigenvalue weighted by Gasteiger charge is 2.06. The molecule has 1 aromatic carbocycles. The Kier molecular flexibility index (Phi) is 5.82. The molecule has 0 aliphatic rings. The van der Waals surface area contributed by atoms with E-state index in [1.54, 1.807) is 27.7 Å². The molecule has 0 unspecified atom stereocenters. The largest absolute Gasteiger partial charge is 0.295 e. The summed E-state index contributed by atoms with van der Waals surface area (Å²) in [6.07, 6.45) is 0. The number of carbonyl (C=O) groups excluding carboxylic acids is 1. The lowest BCUT2D eigenvalue weighted by Crippen LogP contribution is -2.15. The number of benzene rings is 1. The molecule has 1 aromatic rings. The molecule has 0 spiro atoms. The summed E-state index contributed by atoms with van der Waals surface area (Å²) in [5.41, 5.74) is 0.373. The highest BCUT2D eigenvalue weighted by atomic mass is 17.1. The minimum atomic E-state index is -0.403. The first kappa shape index (κ1) is 13.8. The molecule has 0 amide bonds. The van der Waals surface area contributed by atoms with Crippen molar-refractivity contribution >= 4 is 5.78 Å². The average molecular weight is 210 g/mol. The Morgan fingerprint density at radius 3 is 1.80 bits per heavy atom. The maximum Gasteiger partial charge on any atom is 0.159 e. The van der Waals surface area contributed by atoms with Crippen molar-refractivity contribution in [3.63, 3.8) is 0 Å². The average Bonchev–Trinajstić information content (AvgIpc) is 2.19. The van der Waals surface area contributed by atoms with Gasteiger partial charge in [0.1, 0.15) is 0 Å². The third-order valence-corrected chi connectivity index (χ3v) is 1.45. The van der Waals surface area contributed by atoms with Crippen molar-refractivity contribution in [1.29, 1.82) is 0 Å². The zero-order valence-electron chi connectivity index (χ0n) is 9.65. The fraction of sp³-hybridized carbons (Fsp3) is 0.417. The number of Topliss-reactive ketones (excluding diaryl/α,β-unsaturated/α-hetero) is 1. The van der Waals surface area contributed by atoms with Crippen molar-refractivity contribution in [2.24, 2.45) is 0 Å². The molecule has 0 fully saturated rings. The van der Waals surface area contributed by atoms with E-state index in [-0.39, 0.29) is 5.78 Å². The second-order valence-corrected chi connectivity index (χ2v) is 4.13. The van der Waals surface area contributed by atoms with E-state index in [4.69, 9.17) is 5.26 Å². The minimum Gasteiger partial charge on any atom is -0.295 e. The van der Waals surface area contributed by atoms with E-state index < -0.39 is 5.60 Å². The molecule has 0 atom stereocenters. The van der Waals surface area contributed by atoms with E-state index in [9.17, 15) is 4.79 Å². The van der Waals surface area contributed by atoms with Crippen LogP contribution < -0.4 is 0 Å². The van der Waals surface area contributed by atoms with Crippen LogP contribution in [-0.4, -0.2) is 16.6 Å². The van der Waals surface area contributed by atoms with E-state index in [0.29, 0.717) is 0 Å². The van der Waals surface area contributed by atoms with Crippen LogP contribution in [0.1, 0.15) is 38.1 Å². The summed E-state index contributed by atoms with van der Waals surface area (Å²) in [7, 11) is 0. The van der Waals surface area contributed by atoms with Gasteiger partial charge in [0.25, 0.3) is 0 Å². The maximum atomic E-state index is 10.6. The molecule has 0 aliphatic carbocycles. The smallest absolute Gasteiger partial charge is 0.159 e. The zero-order chi connectivity index (χ0) is 11.9. The first-order valence-corrected chi connectivity index (χ1v) is 4.75. The molecule has 3 heteroatoms. The molecular formula is C12H18O3. The molecule has 0 bridgehead atoms. The number of carbonyl (C=O) groups is 1. The molecule has 0 saturated heterocycles. The number of hydrogen-bond acceptors (Lipinski definition) is 3. The molecule has 3 nitrogen and oxygen atoms in total. The van der Waals surface area contributed by atoms with Gasteiger partial charge < -0.3 is 0 Å². The fourth-order valence-electron chi connectivity index (χ4n) is 0.673. The van der Waals surface area contributed by atoms with Gasteiger partial charge in [0, 0.05) is 5.56 Å². The molecule has 0 aliphatic heterocycles. The van der Waals surface area contributed by atoms with Crippen LogP contribution in [0, 0.1) is 0 Å². The molecule has 15 heavy (non-hydrogen) atoms. The Labute approximate surface area is 90.6 Å². The third kappa shape index (κ3) is 7.85. The van der Waals surface area contributed by atoms with Gasteiger partial charge in [-0.3, -0.25) is 10.1 Å². The van der Waals surface area contributed by atoms with E-state index in [1.807, 2.05) is 30.3 Å². The van der Waals surface area contributed by atoms with Gasteiger partial charge in [-0.1, -0.05) is 30.3 Å². The quantitative estimate of drug-likeness (QED) is 0.440. The lowest BCUT2D eigenvalue weighted by atomic mass is 10.2. The van der Waals surface area contributed by atoms with Crippen molar-refractivity contribution in [2.75, 3.05) is 0 Å². The number of hydrogen-bond donors (Lipinski definition) is 1. The van der Waals surface area contributed by atoms with Crippen LogP contribution in [0.4, 0.5) is 0 Å². The van der Waals surface area contributed by atoms with E-state index in [1.165, 1.54) is 0 Å². The predicted octanol–water partition coefficient (Wildman–Crippen LogP) is 3.16. The lowest BCUT2D eigenvalue weighted by molar-refractivity contribution is -0.306. The van der Waals surface area contributed by atoms with Gasteiger partial charge in [0.05, 0.1) is 5.60 Å². The number of ketones is 1. The van der Waals surface area contributed by atoms with Crippen LogP contribution in [0.25, 0.3) is 0 Å². The molecule has 84 valence electrons. The topological polar surface area (TPSA) is 46.5 Å².